The molecule has 0 unspecified atom stereocenters. The number of benzene rings is 1. The number of thiazole rings is 1. The molecule has 6 heteroatoms. The Kier molecular flexibility index (Phi) is 5.68. The normalized spacial score (nSPS) is 13.4. The molecule has 0 N–H and O–H groups in total. The minimum Gasteiger partial charge on any atom is -0.284 e. The SMILES string of the molecule is C=CCN(C(=O)CSc1ccccc1F)c1nc2c(s1)CCCC2. The minimum absolute atomic E-state index is 0.0748. The Balaban J connectivity index is 1.72. The van der Waals surface area contributed by atoms with Crippen LogP contribution in [-0.4, -0.2) is 23.2 Å². The molecular weight excluding hydrogens is 343 g/mol. The van der Waals surface area contributed by atoms with Crippen LogP contribution in [0.2, 0.25) is 0 Å². The smallest absolute Gasteiger partial charge is 0.239 e. The zero-order valence-electron chi connectivity index (χ0n) is 13.3. The first-order valence-electron chi connectivity index (χ1n) is 7.96. The largest absolute Gasteiger partial charge is 0.284 e. The summed E-state index contributed by atoms with van der Waals surface area (Å²) < 4.78 is 13.7. The van der Waals surface area contributed by atoms with Gasteiger partial charge in [-0.2, -0.15) is 0 Å². The highest BCUT2D eigenvalue weighted by Gasteiger charge is 2.22. The number of amides is 1. The van der Waals surface area contributed by atoms with Gasteiger partial charge in [-0.05, 0) is 37.8 Å². The van der Waals surface area contributed by atoms with Crippen molar-refractivity contribution in [3.8, 4) is 0 Å². The van der Waals surface area contributed by atoms with E-state index in [0.29, 0.717) is 11.4 Å². The summed E-state index contributed by atoms with van der Waals surface area (Å²) in [5.74, 6) is -0.191. The third-order valence-corrected chi connectivity index (χ3v) is 6.08. The molecule has 0 aliphatic heterocycles. The monoisotopic (exact) mass is 362 g/mol. The Hall–Kier alpha value is -1.66. The van der Waals surface area contributed by atoms with Crippen LogP contribution in [0.25, 0.3) is 0 Å². The molecule has 0 bridgehead atoms. The van der Waals surface area contributed by atoms with Gasteiger partial charge in [0.05, 0.1) is 11.4 Å². The van der Waals surface area contributed by atoms with Crippen molar-refractivity contribution in [1.29, 1.82) is 0 Å². The molecule has 1 aromatic heterocycles. The molecule has 3 rings (SSSR count). The maximum Gasteiger partial charge on any atom is 0.239 e. The molecular formula is C18H19FN2OS2. The van der Waals surface area contributed by atoms with Crippen LogP contribution in [0.15, 0.2) is 41.8 Å². The molecule has 0 saturated carbocycles. The highest BCUT2D eigenvalue weighted by atomic mass is 32.2. The van der Waals surface area contributed by atoms with E-state index < -0.39 is 0 Å². The molecule has 2 aromatic rings. The molecule has 1 aliphatic carbocycles. The first-order valence-corrected chi connectivity index (χ1v) is 9.76. The first-order chi connectivity index (χ1) is 11.7. The second kappa shape index (κ2) is 7.94. The zero-order valence-corrected chi connectivity index (χ0v) is 15.0. The van der Waals surface area contributed by atoms with Gasteiger partial charge in [0.25, 0.3) is 0 Å². The summed E-state index contributed by atoms with van der Waals surface area (Å²) >= 11 is 2.81. The summed E-state index contributed by atoms with van der Waals surface area (Å²) in [6, 6.07) is 6.51. The number of hydrogen-bond acceptors (Lipinski definition) is 4. The molecule has 0 spiro atoms. The van der Waals surface area contributed by atoms with Gasteiger partial charge in [0.1, 0.15) is 5.82 Å². The second-order valence-electron chi connectivity index (χ2n) is 5.59. The predicted octanol–water partition coefficient (Wildman–Crippen LogP) is 4.47. The van der Waals surface area contributed by atoms with E-state index in [1.54, 1.807) is 40.5 Å². The lowest BCUT2D eigenvalue weighted by molar-refractivity contribution is -0.116. The Labute approximate surface area is 149 Å². The highest BCUT2D eigenvalue weighted by molar-refractivity contribution is 8.00. The summed E-state index contributed by atoms with van der Waals surface area (Å²) in [5, 5.41) is 0.737. The van der Waals surface area contributed by atoms with Crippen LogP contribution in [0.3, 0.4) is 0 Å². The minimum atomic E-state index is -0.296. The van der Waals surface area contributed by atoms with Crippen molar-refractivity contribution in [3.05, 3.63) is 53.3 Å². The van der Waals surface area contributed by atoms with Crippen molar-refractivity contribution in [2.45, 2.75) is 30.6 Å². The van der Waals surface area contributed by atoms with Gasteiger partial charge in [0.2, 0.25) is 5.91 Å². The third-order valence-electron chi connectivity index (χ3n) is 3.87. The quantitative estimate of drug-likeness (QED) is 0.561. The van der Waals surface area contributed by atoms with Gasteiger partial charge in [-0.1, -0.05) is 18.2 Å². The van der Waals surface area contributed by atoms with E-state index in [1.165, 1.54) is 29.1 Å². The van der Waals surface area contributed by atoms with Gasteiger partial charge in [0.15, 0.2) is 5.13 Å². The van der Waals surface area contributed by atoms with Crippen LogP contribution in [0.4, 0.5) is 9.52 Å². The number of rotatable bonds is 6. The fourth-order valence-corrected chi connectivity index (χ4v) is 4.64. The lowest BCUT2D eigenvalue weighted by atomic mass is 10.0. The number of hydrogen-bond donors (Lipinski definition) is 0. The topological polar surface area (TPSA) is 33.2 Å². The van der Waals surface area contributed by atoms with E-state index in [0.717, 1.165) is 30.1 Å². The van der Waals surface area contributed by atoms with E-state index in [1.807, 2.05) is 0 Å². The van der Waals surface area contributed by atoms with Gasteiger partial charge in [-0.15, -0.1) is 29.7 Å². The summed E-state index contributed by atoms with van der Waals surface area (Å²) in [7, 11) is 0. The van der Waals surface area contributed by atoms with Crippen molar-refractivity contribution < 1.29 is 9.18 Å². The molecule has 1 aliphatic rings. The van der Waals surface area contributed by atoms with E-state index in [-0.39, 0.29) is 17.5 Å². The average molecular weight is 362 g/mol. The fraction of sp³-hybridized carbons (Fsp3) is 0.333. The Bertz CT molecular complexity index is 721. The molecule has 1 amide bonds. The van der Waals surface area contributed by atoms with Crippen molar-refractivity contribution >= 4 is 34.1 Å². The van der Waals surface area contributed by atoms with Crippen molar-refractivity contribution in [3.63, 3.8) is 0 Å². The Morgan fingerprint density at radius 3 is 2.92 bits per heavy atom. The Morgan fingerprint density at radius 2 is 2.17 bits per heavy atom. The number of fused-ring (bicyclic) bond motifs is 1. The third kappa shape index (κ3) is 3.87. The van der Waals surface area contributed by atoms with Crippen LogP contribution >= 0.6 is 23.1 Å². The number of carbonyl (C=O) groups excluding carboxylic acids is 1. The van der Waals surface area contributed by atoms with Gasteiger partial charge >= 0.3 is 0 Å². The molecule has 24 heavy (non-hydrogen) atoms. The van der Waals surface area contributed by atoms with Crippen LogP contribution in [0, 0.1) is 5.82 Å². The van der Waals surface area contributed by atoms with Crippen LogP contribution in [0.1, 0.15) is 23.4 Å². The van der Waals surface area contributed by atoms with Crippen molar-refractivity contribution in [2.24, 2.45) is 0 Å². The number of aryl methyl sites for hydroxylation is 2. The zero-order chi connectivity index (χ0) is 16.9. The summed E-state index contributed by atoms with van der Waals surface area (Å²) in [4.78, 5) is 20.7. The first kappa shape index (κ1) is 17.2. The van der Waals surface area contributed by atoms with E-state index in [2.05, 4.69) is 11.6 Å². The summed E-state index contributed by atoms with van der Waals surface area (Å²) in [6.45, 7) is 4.16. The molecule has 1 aromatic carbocycles. The van der Waals surface area contributed by atoms with Crippen LogP contribution in [-0.2, 0) is 17.6 Å². The maximum absolute atomic E-state index is 13.7. The summed E-state index contributed by atoms with van der Waals surface area (Å²) in [5.41, 5.74) is 1.13. The van der Waals surface area contributed by atoms with Crippen LogP contribution < -0.4 is 4.90 Å². The predicted molar refractivity (Wildman–Crippen MR) is 98.4 cm³/mol. The van der Waals surface area contributed by atoms with Crippen molar-refractivity contribution in [1.82, 2.24) is 4.98 Å². The molecule has 0 atom stereocenters. The van der Waals surface area contributed by atoms with Gasteiger partial charge < -0.3 is 0 Å². The standard InChI is InChI=1S/C18H19FN2OS2/c1-2-11-21(18-20-14-8-4-6-10-16(14)24-18)17(22)12-23-15-9-5-3-7-13(15)19/h2-3,5,7,9H,1,4,6,8,10-12H2. The van der Waals surface area contributed by atoms with Gasteiger partial charge in [-0.25, -0.2) is 9.37 Å². The van der Waals surface area contributed by atoms with E-state index >= 15 is 0 Å². The number of aromatic nitrogens is 1. The number of thioether (sulfide) groups is 1. The van der Waals surface area contributed by atoms with Gasteiger partial charge in [-0.3, -0.25) is 9.69 Å². The van der Waals surface area contributed by atoms with E-state index in [4.69, 9.17) is 0 Å². The summed E-state index contributed by atoms with van der Waals surface area (Å²) in [6.07, 6.45) is 6.09. The molecule has 3 nitrogen and oxygen atoms in total. The van der Waals surface area contributed by atoms with Crippen molar-refractivity contribution in [2.75, 3.05) is 17.2 Å². The molecule has 126 valence electrons. The number of carbonyl (C=O) groups is 1. The fourth-order valence-electron chi connectivity index (χ4n) is 2.65. The molecule has 0 radical (unpaired) electrons. The highest BCUT2D eigenvalue weighted by Crippen LogP contribution is 2.32. The second-order valence-corrected chi connectivity index (χ2v) is 7.66. The number of anilines is 1. The molecule has 0 saturated heterocycles. The van der Waals surface area contributed by atoms with E-state index in [9.17, 15) is 9.18 Å². The lowest BCUT2D eigenvalue weighted by Crippen LogP contribution is -2.32. The molecule has 1 heterocycles. The average Bonchev–Trinajstić information content (AvgIpc) is 3.02. The Morgan fingerprint density at radius 1 is 1.38 bits per heavy atom. The molecule has 0 fully saturated rings. The van der Waals surface area contributed by atoms with Crippen LogP contribution in [0.5, 0.6) is 0 Å². The maximum atomic E-state index is 13.7. The van der Waals surface area contributed by atoms with Gasteiger partial charge in [0, 0.05) is 16.3 Å². The lowest BCUT2D eigenvalue weighted by Gasteiger charge is -2.17. The number of halogens is 1. The number of nitrogens with zero attached hydrogens (tertiary/aromatic N) is 2.